The zero-order valence-electron chi connectivity index (χ0n) is 20.4. The van der Waals surface area contributed by atoms with Crippen LogP contribution < -0.4 is 10.9 Å². The first kappa shape index (κ1) is 23.6. The maximum Gasteiger partial charge on any atom is 0.261 e. The second-order valence-electron chi connectivity index (χ2n) is 10.7. The van der Waals surface area contributed by atoms with E-state index in [9.17, 15) is 19.2 Å². The lowest BCUT2D eigenvalue weighted by Crippen LogP contribution is -2.45. The maximum atomic E-state index is 12.8. The average Bonchev–Trinajstić information content (AvgIpc) is 3.57. The third-order valence-corrected chi connectivity index (χ3v) is 10.4. The number of nitriles is 1. The highest BCUT2D eigenvalue weighted by atomic mass is 32.3. The number of H-pyrrole nitrogens is 1. The number of benzene rings is 1. The monoisotopic (exact) mass is 508 g/mol. The lowest BCUT2D eigenvalue weighted by atomic mass is 9.83. The molecule has 0 spiro atoms. The van der Waals surface area contributed by atoms with Gasteiger partial charge in [-0.2, -0.15) is 14.7 Å². The number of rotatable bonds is 6. The van der Waals surface area contributed by atoms with Gasteiger partial charge in [0.15, 0.2) is 5.82 Å². The molecule has 3 heterocycles. The van der Waals surface area contributed by atoms with Crippen LogP contribution in [0.3, 0.4) is 0 Å². The van der Waals surface area contributed by atoms with Crippen molar-refractivity contribution in [3.63, 3.8) is 0 Å². The number of nitrogens with zero attached hydrogens (tertiary/aromatic N) is 4. The van der Waals surface area contributed by atoms with Crippen molar-refractivity contribution in [3.8, 4) is 6.07 Å². The molecule has 2 saturated carbocycles. The van der Waals surface area contributed by atoms with Gasteiger partial charge in [0.1, 0.15) is 5.39 Å². The number of aromatic nitrogens is 3. The molecule has 190 valence electrons. The van der Waals surface area contributed by atoms with E-state index in [4.69, 9.17) is 5.10 Å². The smallest absolute Gasteiger partial charge is 0.261 e. The third-order valence-electron chi connectivity index (χ3n) is 8.18. The van der Waals surface area contributed by atoms with E-state index >= 15 is 0 Å². The second-order valence-corrected chi connectivity index (χ2v) is 12.6. The molecule has 3 aliphatic rings. The fraction of sp³-hybridized carbons (Fsp3) is 0.500. The van der Waals surface area contributed by atoms with Gasteiger partial charge in [-0.3, -0.25) is 18.6 Å². The molecule has 0 radical (unpaired) electrons. The Bertz CT molecular complexity index is 1410. The molecule has 2 aromatic heterocycles. The van der Waals surface area contributed by atoms with E-state index in [0.29, 0.717) is 40.5 Å². The predicted molar refractivity (Wildman–Crippen MR) is 140 cm³/mol. The number of fused-ring (bicyclic) bond motifs is 2. The number of hydrogen-bond acceptors (Lipinski definition) is 7. The van der Waals surface area contributed by atoms with Crippen LogP contribution in [0.15, 0.2) is 40.2 Å². The van der Waals surface area contributed by atoms with Crippen LogP contribution in [-0.2, 0) is 6.54 Å². The van der Waals surface area contributed by atoms with Gasteiger partial charge in [0.05, 0.1) is 28.9 Å². The highest BCUT2D eigenvalue weighted by Crippen LogP contribution is 2.63. The zero-order valence-corrected chi connectivity index (χ0v) is 21.2. The minimum atomic E-state index is -3.05. The first-order valence-corrected chi connectivity index (χ1v) is 14.2. The summed E-state index contributed by atoms with van der Waals surface area (Å²) < 4.78 is 26.2. The van der Waals surface area contributed by atoms with Crippen LogP contribution in [-0.4, -0.2) is 33.7 Å². The molecule has 2 fully saturated rings. The fourth-order valence-electron chi connectivity index (χ4n) is 6.08. The number of anilines is 2. The maximum absolute atomic E-state index is 12.8. The molecule has 1 aromatic carbocycles. The van der Waals surface area contributed by atoms with Gasteiger partial charge in [-0.1, -0.05) is 19.3 Å². The minimum absolute atomic E-state index is 0.0624. The van der Waals surface area contributed by atoms with Gasteiger partial charge in [-0.05, 0) is 68.4 Å². The standard InChI is InChI=1S/C26H32N6O3S/c1-26(11-3-2-4-12-26)31-16-18-15-19(7-8-22(18)36(31,34)35)29-24-23-21(10-14-28-25(23)33)32(30-24)20(9-13-27)17-5-6-17/h7-8,10,14-15,17,20,34-35H,2-6,9,11-12,16H2,1H3,(H,28,33)(H,29,30). The molecular formula is C26H32N6O3S. The van der Waals surface area contributed by atoms with Crippen molar-refractivity contribution in [1.82, 2.24) is 19.1 Å². The van der Waals surface area contributed by atoms with Crippen molar-refractivity contribution >= 4 is 33.2 Å². The first-order chi connectivity index (χ1) is 17.3. The van der Waals surface area contributed by atoms with Crippen LogP contribution in [0.2, 0.25) is 0 Å². The summed E-state index contributed by atoms with van der Waals surface area (Å²) in [6.45, 7) is 2.62. The van der Waals surface area contributed by atoms with Gasteiger partial charge < -0.3 is 10.3 Å². The molecule has 3 aromatic rings. The molecule has 36 heavy (non-hydrogen) atoms. The van der Waals surface area contributed by atoms with Gasteiger partial charge in [0.2, 0.25) is 0 Å². The Kier molecular flexibility index (Phi) is 5.64. The molecule has 6 rings (SSSR count). The molecular weight excluding hydrogens is 476 g/mol. The highest BCUT2D eigenvalue weighted by Gasteiger charge is 2.46. The summed E-state index contributed by atoms with van der Waals surface area (Å²) in [4.78, 5) is 16.1. The molecule has 2 aliphatic carbocycles. The number of pyridine rings is 1. The van der Waals surface area contributed by atoms with E-state index in [1.54, 1.807) is 12.3 Å². The normalized spacial score (nSPS) is 22.6. The summed E-state index contributed by atoms with van der Waals surface area (Å²) in [6.07, 6.45) is 9.39. The van der Waals surface area contributed by atoms with Gasteiger partial charge in [0.25, 0.3) is 5.56 Å². The lowest BCUT2D eigenvalue weighted by Gasteiger charge is -2.50. The van der Waals surface area contributed by atoms with E-state index < -0.39 is 10.8 Å². The fourth-order valence-corrected chi connectivity index (χ4v) is 8.16. The molecule has 1 atom stereocenters. The summed E-state index contributed by atoms with van der Waals surface area (Å²) in [6, 6.07) is 9.59. The van der Waals surface area contributed by atoms with Crippen molar-refractivity contribution in [2.24, 2.45) is 5.92 Å². The van der Waals surface area contributed by atoms with E-state index in [1.165, 1.54) is 6.42 Å². The Balaban J connectivity index is 1.35. The Morgan fingerprint density at radius 1 is 1.28 bits per heavy atom. The average molecular weight is 509 g/mol. The van der Waals surface area contributed by atoms with Gasteiger partial charge in [-0.25, -0.2) is 0 Å². The van der Waals surface area contributed by atoms with Gasteiger partial charge in [0, 0.05) is 24.0 Å². The van der Waals surface area contributed by atoms with Crippen molar-refractivity contribution < 1.29 is 9.11 Å². The largest absolute Gasteiger partial charge is 0.338 e. The summed E-state index contributed by atoms with van der Waals surface area (Å²) in [5, 5.41) is 17.9. The second kappa shape index (κ2) is 8.63. The van der Waals surface area contributed by atoms with Crippen LogP contribution in [0.5, 0.6) is 0 Å². The number of aromatic amines is 1. The topological polar surface area (TPSA) is 130 Å². The molecule has 4 N–H and O–H groups in total. The Labute approximate surface area is 211 Å². The Morgan fingerprint density at radius 3 is 2.78 bits per heavy atom. The molecule has 0 amide bonds. The van der Waals surface area contributed by atoms with Gasteiger partial charge >= 0.3 is 0 Å². The molecule has 10 heteroatoms. The summed E-state index contributed by atoms with van der Waals surface area (Å²) >= 11 is 0. The van der Waals surface area contributed by atoms with E-state index in [0.717, 1.165) is 49.8 Å². The van der Waals surface area contributed by atoms with E-state index in [1.807, 2.05) is 27.2 Å². The van der Waals surface area contributed by atoms with Crippen LogP contribution in [0.1, 0.15) is 69.9 Å². The van der Waals surface area contributed by atoms with Crippen LogP contribution in [0, 0.1) is 17.2 Å². The summed E-state index contributed by atoms with van der Waals surface area (Å²) in [5.74, 6) is 0.841. The van der Waals surface area contributed by atoms with Gasteiger partial charge in [-0.15, -0.1) is 10.8 Å². The molecule has 1 aliphatic heterocycles. The van der Waals surface area contributed by atoms with Crippen LogP contribution >= 0.6 is 10.8 Å². The highest BCUT2D eigenvalue weighted by molar-refractivity contribution is 8.22. The molecule has 0 saturated heterocycles. The Hall–Kier alpha value is -2.84. The summed E-state index contributed by atoms with van der Waals surface area (Å²) in [5.41, 5.74) is 1.85. The van der Waals surface area contributed by atoms with Crippen molar-refractivity contribution in [2.75, 3.05) is 5.32 Å². The SMILES string of the molecule is CC1(N2Cc3cc(Nc4nn(C(CC#N)C5CC5)c5cc[nH]c(=O)c45)ccc3S2(O)O)CCCCC1. The number of nitrogens with one attached hydrogen (secondary N) is 2. The predicted octanol–water partition coefficient (Wildman–Crippen LogP) is 5.90. The molecule has 9 nitrogen and oxygen atoms in total. The number of hydrogen-bond donors (Lipinski definition) is 4. The van der Waals surface area contributed by atoms with Crippen LogP contribution in [0.25, 0.3) is 10.9 Å². The molecule has 0 bridgehead atoms. The quantitative estimate of drug-likeness (QED) is 0.326. The summed E-state index contributed by atoms with van der Waals surface area (Å²) in [7, 11) is -3.05. The van der Waals surface area contributed by atoms with Crippen molar-refractivity contribution in [2.45, 2.75) is 81.3 Å². The van der Waals surface area contributed by atoms with Crippen molar-refractivity contribution in [1.29, 1.82) is 5.26 Å². The minimum Gasteiger partial charge on any atom is -0.338 e. The zero-order chi connectivity index (χ0) is 25.1. The molecule has 1 unspecified atom stereocenters. The first-order valence-electron chi connectivity index (χ1n) is 12.7. The van der Waals surface area contributed by atoms with Crippen molar-refractivity contribution in [3.05, 3.63) is 46.4 Å². The van der Waals surface area contributed by atoms with Crippen LogP contribution in [0.4, 0.5) is 11.5 Å². The lowest BCUT2D eigenvalue weighted by molar-refractivity contribution is 0.135. The third kappa shape index (κ3) is 3.82. The van der Waals surface area contributed by atoms with E-state index in [2.05, 4.69) is 23.3 Å². The van der Waals surface area contributed by atoms with E-state index in [-0.39, 0.29) is 17.1 Å². The Morgan fingerprint density at radius 2 is 2.06 bits per heavy atom.